The zero-order valence-corrected chi connectivity index (χ0v) is 18.0. The van der Waals surface area contributed by atoms with E-state index >= 15 is 0 Å². The van der Waals surface area contributed by atoms with Gasteiger partial charge in [-0.3, -0.25) is 4.79 Å². The Bertz CT molecular complexity index is 1210. The number of piperazine rings is 1. The van der Waals surface area contributed by atoms with Gasteiger partial charge in [-0.15, -0.1) is 0 Å². The Kier molecular flexibility index (Phi) is 5.15. The van der Waals surface area contributed by atoms with Crippen molar-refractivity contribution in [2.24, 2.45) is 0 Å². The monoisotopic (exact) mass is 435 g/mol. The van der Waals surface area contributed by atoms with Crippen LogP contribution in [0.15, 0.2) is 54.6 Å². The molecular weight excluding hydrogens is 413 g/mol. The van der Waals surface area contributed by atoms with Crippen LogP contribution in [-0.4, -0.2) is 51.8 Å². The third-order valence-electron chi connectivity index (χ3n) is 5.55. The maximum atomic E-state index is 13.1. The molecule has 1 saturated heterocycles. The minimum Gasteiger partial charge on any atom is -0.344 e. The van der Waals surface area contributed by atoms with Crippen LogP contribution in [0, 0.1) is 12.7 Å². The highest BCUT2D eigenvalue weighted by Crippen LogP contribution is 2.33. The molecule has 1 amide bonds. The number of aromatic nitrogens is 3. The fourth-order valence-electron chi connectivity index (χ4n) is 3.84. The predicted octanol–water partition coefficient (Wildman–Crippen LogP) is 3.82. The molecule has 0 atom stereocenters. The number of thiazole rings is 1. The standard InChI is InChI=1S/C23H22FN5OS/c1-16-21-22(29(26-16)19-5-3-2-4-6-19)25-23(31-21)28-13-11-27(12-14-28)20(30)15-17-7-9-18(24)10-8-17/h2-10H,11-15H2,1H3. The highest BCUT2D eigenvalue weighted by atomic mass is 32.1. The molecule has 2 aromatic heterocycles. The van der Waals surface area contributed by atoms with E-state index in [9.17, 15) is 9.18 Å². The average molecular weight is 436 g/mol. The molecule has 8 heteroatoms. The second-order valence-corrected chi connectivity index (χ2v) is 8.63. The number of fused-ring (bicyclic) bond motifs is 1. The summed E-state index contributed by atoms with van der Waals surface area (Å²) < 4.78 is 16.1. The Hall–Kier alpha value is -3.26. The minimum absolute atomic E-state index is 0.0751. The van der Waals surface area contributed by atoms with Crippen molar-refractivity contribution in [3.63, 3.8) is 0 Å². The molecule has 6 nitrogen and oxygen atoms in total. The van der Waals surface area contributed by atoms with Gasteiger partial charge in [0, 0.05) is 26.2 Å². The molecular formula is C23H22FN5OS. The number of nitrogens with zero attached hydrogens (tertiary/aromatic N) is 5. The molecule has 1 fully saturated rings. The quantitative estimate of drug-likeness (QED) is 0.489. The van der Waals surface area contributed by atoms with Crippen molar-refractivity contribution in [2.75, 3.05) is 31.1 Å². The number of amides is 1. The molecule has 5 rings (SSSR count). The van der Waals surface area contributed by atoms with Gasteiger partial charge in [0.05, 0.1) is 22.5 Å². The van der Waals surface area contributed by atoms with E-state index in [0.29, 0.717) is 19.5 Å². The number of carbonyl (C=O) groups is 1. The smallest absolute Gasteiger partial charge is 0.227 e. The van der Waals surface area contributed by atoms with Crippen molar-refractivity contribution in [3.05, 3.63) is 71.7 Å². The topological polar surface area (TPSA) is 54.3 Å². The first-order valence-corrected chi connectivity index (χ1v) is 11.1. The summed E-state index contributed by atoms with van der Waals surface area (Å²) in [6.07, 6.45) is 0.299. The van der Waals surface area contributed by atoms with Crippen LogP contribution in [0.3, 0.4) is 0 Å². The van der Waals surface area contributed by atoms with Crippen molar-refractivity contribution in [2.45, 2.75) is 13.3 Å². The summed E-state index contributed by atoms with van der Waals surface area (Å²) in [6, 6.07) is 16.2. The lowest BCUT2D eigenvalue weighted by Gasteiger charge is -2.34. The van der Waals surface area contributed by atoms with Crippen LogP contribution in [0.25, 0.3) is 16.0 Å². The number of para-hydroxylation sites is 1. The first-order valence-electron chi connectivity index (χ1n) is 10.3. The molecule has 1 aliphatic rings. The Balaban J connectivity index is 1.28. The molecule has 0 radical (unpaired) electrons. The van der Waals surface area contributed by atoms with Crippen LogP contribution < -0.4 is 4.90 Å². The normalized spacial score (nSPS) is 14.4. The van der Waals surface area contributed by atoms with Crippen LogP contribution in [0.4, 0.5) is 9.52 Å². The van der Waals surface area contributed by atoms with Gasteiger partial charge >= 0.3 is 0 Å². The van der Waals surface area contributed by atoms with Crippen molar-refractivity contribution >= 4 is 32.7 Å². The van der Waals surface area contributed by atoms with Gasteiger partial charge in [0.15, 0.2) is 10.8 Å². The lowest BCUT2D eigenvalue weighted by Crippen LogP contribution is -2.49. The molecule has 0 N–H and O–H groups in total. The lowest BCUT2D eigenvalue weighted by molar-refractivity contribution is -0.130. The molecule has 3 heterocycles. The number of carbonyl (C=O) groups excluding carboxylic acids is 1. The van der Waals surface area contributed by atoms with E-state index in [1.807, 2.05) is 46.8 Å². The third-order valence-corrected chi connectivity index (χ3v) is 6.76. The van der Waals surface area contributed by atoms with Crippen molar-refractivity contribution in [1.29, 1.82) is 0 Å². The summed E-state index contributed by atoms with van der Waals surface area (Å²) in [6.45, 7) is 4.79. The number of rotatable bonds is 4. The van der Waals surface area contributed by atoms with Crippen molar-refractivity contribution in [3.8, 4) is 5.69 Å². The Morgan fingerprint density at radius 2 is 1.74 bits per heavy atom. The van der Waals surface area contributed by atoms with E-state index < -0.39 is 0 Å². The van der Waals surface area contributed by atoms with Gasteiger partial charge in [-0.2, -0.15) is 10.1 Å². The maximum Gasteiger partial charge on any atom is 0.227 e. The van der Waals surface area contributed by atoms with Gasteiger partial charge in [-0.1, -0.05) is 41.7 Å². The molecule has 0 aliphatic carbocycles. The molecule has 0 unspecified atom stereocenters. The number of hydrogen-bond donors (Lipinski definition) is 0. The molecule has 0 spiro atoms. The van der Waals surface area contributed by atoms with Crippen molar-refractivity contribution in [1.82, 2.24) is 19.7 Å². The number of anilines is 1. The molecule has 31 heavy (non-hydrogen) atoms. The second kappa shape index (κ2) is 8.11. The first kappa shape index (κ1) is 19.7. The number of aryl methyl sites for hydroxylation is 1. The van der Waals surface area contributed by atoms with E-state index in [1.54, 1.807) is 23.5 Å². The number of benzene rings is 2. The van der Waals surface area contributed by atoms with Crippen LogP contribution in [0.5, 0.6) is 0 Å². The summed E-state index contributed by atoms with van der Waals surface area (Å²) >= 11 is 1.65. The summed E-state index contributed by atoms with van der Waals surface area (Å²) in [5, 5.41) is 5.62. The Labute approximate surface area is 183 Å². The molecule has 158 valence electrons. The summed E-state index contributed by atoms with van der Waals surface area (Å²) in [5.41, 5.74) is 3.67. The Morgan fingerprint density at radius 1 is 1.03 bits per heavy atom. The molecule has 1 aliphatic heterocycles. The van der Waals surface area contributed by atoms with Crippen LogP contribution in [-0.2, 0) is 11.2 Å². The van der Waals surface area contributed by atoms with Gasteiger partial charge in [0.1, 0.15) is 5.82 Å². The van der Waals surface area contributed by atoms with Gasteiger partial charge in [0.2, 0.25) is 5.91 Å². The summed E-state index contributed by atoms with van der Waals surface area (Å²) in [7, 11) is 0. The third kappa shape index (κ3) is 3.90. The number of hydrogen-bond acceptors (Lipinski definition) is 5. The first-order chi connectivity index (χ1) is 15.1. The molecule has 2 aromatic carbocycles. The second-order valence-electron chi connectivity index (χ2n) is 7.65. The fourth-order valence-corrected chi connectivity index (χ4v) is 4.88. The fraction of sp³-hybridized carbons (Fsp3) is 0.261. The average Bonchev–Trinajstić information content (AvgIpc) is 3.37. The molecule has 4 aromatic rings. The van der Waals surface area contributed by atoms with E-state index in [4.69, 9.17) is 4.98 Å². The maximum absolute atomic E-state index is 13.1. The molecule has 0 bridgehead atoms. The van der Waals surface area contributed by atoms with Crippen molar-refractivity contribution < 1.29 is 9.18 Å². The predicted molar refractivity (Wildman–Crippen MR) is 120 cm³/mol. The van der Waals surface area contributed by atoms with Crippen LogP contribution in [0.2, 0.25) is 0 Å². The van der Waals surface area contributed by atoms with E-state index in [0.717, 1.165) is 45.5 Å². The SMILES string of the molecule is Cc1nn(-c2ccccc2)c2nc(N3CCN(C(=O)Cc4ccc(F)cc4)CC3)sc12. The largest absolute Gasteiger partial charge is 0.344 e. The highest BCUT2D eigenvalue weighted by Gasteiger charge is 2.24. The summed E-state index contributed by atoms with van der Waals surface area (Å²) in [5.74, 6) is -0.211. The zero-order chi connectivity index (χ0) is 21.4. The lowest BCUT2D eigenvalue weighted by atomic mass is 10.1. The van der Waals surface area contributed by atoms with Gasteiger partial charge in [-0.25, -0.2) is 9.07 Å². The van der Waals surface area contributed by atoms with E-state index in [-0.39, 0.29) is 11.7 Å². The van der Waals surface area contributed by atoms with Gasteiger partial charge in [-0.05, 0) is 36.8 Å². The Morgan fingerprint density at radius 3 is 2.45 bits per heavy atom. The molecule has 0 saturated carbocycles. The van der Waals surface area contributed by atoms with Gasteiger partial charge in [0.25, 0.3) is 0 Å². The minimum atomic E-state index is -0.286. The van der Waals surface area contributed by atoms with Crippen LogP contribution >= 0.6 is 11.3 Å². The van der Waals surface area contributed by atoms with Crippen LogP contribution in [0.1, 0.15) is 11.3 Å². The van der Waals surface area contributed by atoms with E-state index in [2.05, 4.69) is 10.00 Å². The number of halogens is 1. The highest BCUT2D eigenvalue weighted by molar-refractivity contribution is 7.22. The summed E-state index contributed by atoms with van der Waals surface area (Å²) in [4.78, 5) is 21.6. The van der Waals surface area contributed by atoms with Gasteiger partial charge < -0.3 is 9.80 Å². The zero-order valence-electron chi connectivity index (χ0n) is 17.2. The van der Waals surface area contributed by atoms with E-state index in [1.165, 1.54) is 12.1 Å².